The lowest BCUT2D eigenvalue weighted by atomic mass is 10.0. The molecule has 2 atom stereocenters. The number of benzene rings is 1. The van der Waals surface area contributed by atoms with E-state index in [1.165, 1.54) is 12.1 Å². The van der Waals surface area contributed by atoms with E-state index < -0.39 is 11.9 Å². The van der Waals surface area contributed by atoms with Crippen LogP contribution in [0.15, 0.2) is 59.1 Å². The van der Waals surface area contributed by atoms with Gasteiger partial charge in [0.05, 0.1) is 22.9 Å². The number of nitrogens with one attached hydrogen (secondary N) is 1. The van der Waals surface area contributed by atoms with Crippen LogP contribution in [0.4, 0.5) is 0 Å². The first-order valence-electron chi connectivity index (χ1n) is 9.98. The fourth-order valence-corrected chi connectivity index (χ4v) is 4.36. The van der Waals surface area contributed by atoms with E-state index >= 15 is 0 Å². The third-order valence-electron chi connectivity index (χ3n) is 5.32. The number of nitrogens with zero attached hydrogens (tertiary/aromatic N) is 2. The molecule has 0 amide bonds. The first kappa shape index (κ1) is 21.5. The van der Waals surface area contributed by atoms with Gasteiger partial charge in [0.25, 0.3) is 0 Å². The Bertz CT molecular complexity index is 1160. The molecule has 1 fully saturated rings. The Kier molecular flexibility index (Phi) is 5.67. The van der Waals surface area contributed by atoms with Crippen LogP contribution in [-0.2, 0) is 0 Å². The van der Waals surface area contributed by atoms with Gasteiger partial charge in [0, 0.05) is 17.8 Å². The van der Waals surface area contributed by atoms with E-state index in [9.17, 15) is 19.8 Å². The zero-order chi connectivity index (χ0) is 23.0. The van der Waals surface area contributed by atoms with Crippen LogP contribution in [0.5, 0.6) is 0 Å². The summed E-state index contributed by atoms with van der Waals surface area (Å²) < 4.78 is 6.15. The van der Waals surface area contributed by atoms with Crippen molar-refractivity contribution >= 4 is 29.3 Å². The second kappa shape index (κ2) is 8.43. The Morgan fingerprint density at radius 2 is 1.78 bits per heavy atom. The lowest BCUT2D eigenvalue weighted by Crippen LogP contribution is -2.35. The van der Waals surface area contributed by atoms with Gasteiger partial charge in [-0.15, -0.1) is 0 Å². The number of rotatable bonds is 6. The summed E-state index contributed by atoms with van der Waals surface area (Å²) in [6, 6.07) is 12.6. The van der Waals surface area contributed by atoms with Crippen molar-refractivity contribution in [2.75, 3.05) is 0 Å². The fraction of sp³-hybridized carbons (Fsp3) is 0.217. The molecule has 0 aliphatic carbocycles. The van der Waals surface area contributed by atoms with E-state index in [1.807, 2.05) is 36.9 Å². The van der Waals surface area contributed by atoms with E-state index in [-0.39, 0.29) is 29.3 Å². The van der Waals surface area contributed by atoms with Gasteiger partial charge in [-0.3, -0.25) is 4.98 Å². The molecule has 8 nitrogen and oxygen atoms in total. The molecule has 0 spiro atoms. The second-order valence-corrected chi connectivity index (χ2v) is 8.13. The zero-order valence-electron chi connectivity index (χ0n) is 17.4. The molecule has 0 saturated carbocycles. The SMILES string of the molecule is CC(C)N1C(=S)N[C@H](c2ccccn2)[C@H]1c1ccc(-c2cc(C(=O)O)cc(C(=O)O)c2)o1. The highest BCUT2D eigenvalue weighted by molar-refractivity contribution is 7.80. The average Bonchev–Trinajstić information content (AvgIpc) is 3.38. The Balaban J connectivity index is 1.78. The molecular formula is C23H21N3O5S. The van der Waals surface area contributed by atoms with Crippen molar-refractivity contribution in [3.8, 4) is 11.3 Å². The number of furan rings is 1. The van der Waals surface area contributed by atoms with Crippen LogP contribution < -0.4 is 5.32 Å². The Labute approximate surface area is 189 Å². The van der Waals surface area contributed by atoms with Crippen molar-refractivity contribution in [2.45, 2.75) is 32.0 Å². The molecule has 3 aromatic rings. The number of carbonyl (C=O) groups is 2. The summed E-state index contributed by atoms with van der Waals surface area (Å²) in [4.78, 5) is 29.4. The molecule has 164 valence electrons. The van der Waals surface area contributed by atoms with Crippen LogP contribution in [-0.4, -0.2) is 43.2 Å². The van der Waals surface area contributed by atoms with Crippen molar-refractivity contribution in [3.05, 3.63) is 77.3 Å². The van der Waals surface area contributed by atoms with E-state index in [0.717, 1.165) is 11.8 Å². The van der Waals surface area contributed by atoms with Gasteiger partial charge in [0.15, 0.2) is 5.11 Å². The second-order valence-electron chi connectivity index (χ2n) is 7.74. The highest BCUT2D eigenvalue weighted by Gasteiger charge is 2.42. The largest absolute Gasteiger partial charge is 0.478 e. The van der Waals surface area contributed by atoms with E-state index in [0.29, 0.717) is 22.2 Å². The maximum Gasteiger partial charge on any atom is 0.335 e. The molecular weight excluding hydrogens is 430 g/mol. The molecule has 2 aromatic heterocycles. The first-order valence-corrected chi connectivity index (χ1v) is 10.4. The summed E-state index contributed by atoms with van der Waals surface area (Å²) in [5, 5.41) is 22.6. The normalized spacial score (nSPS) is 18.1. The molecule has 9 heteroatoms. The number of hydrogen-bond acceptors (Lipinski definition) is 5. The topological polar surface area (TPSA) is 116 Å². The Hall–Kier alpha value is -3.72. The zero-order valence-corrected chi connectivity index (χ0v) is 18.2. The number of carboxylic acid groups (broad SMARTS) is 2. The summed E-state index contributed by atoms with van der Waals surface area (Å²) in [5.41, 5.74) is 0.919. The fourth-order valence-electron chi connectivity index (χ4n) is 3.91. The van der Waals surface area contributed by atoms with E-state index in [2.05, 4.69) is 10.3 Å². The number of thiocarbonyl (C=S) groups is 1. The molecule has 0 bridgehead atoms. The van der Waals surface area contributed by atoms with E-state index in [4.69, 9.17) is 16.6 Å². The lowest BCUT2D eigenvalue weighted by molar-refractivity contribution is 0.0696. The van der Waals surface area contributed by atoms with Crippen molar-refractivity contribution in [3.63, 3.8) is 0 Å². The molecule has 1 aromatic carbocycles. The maximum atomic E-state index is 11.5. The van der Waals surface area contributed by atoms with E-state index in [1.54, 1.807) is 18.3 Å². The van der Waals surface area contributed by atoms with Crippen molar-refractivity contribution in [1.29, 1.82) is 0 Å². The number of aromatic nitrogens is 1. The van der Waals surface area contributed by atoms with Crippen LogP contribution in [0.2, 0.25) is 0 Å². The quantitative estimate of drug-likeness (QED) is 0.476. The predicted molar refractivity (Wildman–Crippen MR) is 120 cm³/mol. The number of carboxylic acids is 2. The first-order chi connectivity index (χ1) is 15.3. The standard InChI is InChI=1S/C23H21N3O5S/c1-12(2)26-20(19(25-23(26)32)16-5-3-4-8-24-16)18-7-6-17(31-18)13-9-14(21(27)28)11-15(10-13)22(29)30/h3-12,19-20H,1-2H3,(H,25,32)(H,27,28)(H,29,30)/t19-,20-/m1/s1. The molecule has 1 aliphatic rings. The van der Waals surface area contributed by atoms with Gasteiger partial charge < -0.3 is 24.8 Å². The smallest absolute Gasteiger partial charge is 0.335 e. The molecule has 3 heterocycles. The molecule has 0 radical (unpaired) electrons. The summed E-state index contributed by atoms with van der Waals surface area (Å²) in [5.74, 6) is -1.46. The van der Waals surface area contributed by atoms with Crippen LogP contribution in [0, 0.1) is 0 Å². The molecule has 1 saturated heterocycles. The van der Waals surface area contributed by atoms with Gasteiger partial charge in [0.2, 0.25) is 0 Å². The third kappa shape index (κ3) is 3.94. The maximum absolute atomic E-state index is 11.5. The van der Waals surface area contributed by atoms with Crippen molar-refractivity contribution in [2.24, 2.45) is 0 Å². The number of pyridine rings is 1. The lowest BCUT2D eigenvalue weighted by Gasteiger charge is -2.29. The molecule has 3 N–H and O–H groups in total. The Morgan fingerprint density at radius 1 is 1.09 bits per heavy atom. The highest BCUT2D eigenvalue weighted by atomic mass is 32.1. The molecule has 32 heavy (non-hydrogen) atoms. The highest BCUT2D eigenvalue weighted by Crippen LogP contribution is 2.41. The summed E-state index contributed by atoms with van der Waals surface area (Å²) >= 11 is 5.58. The van der Waals surface area contributed by atoms with Crippen LogP contribution >= 0.6 is 12.2 Å². The molecule has 1 aliphatic heterocycles. The average molecular weight is 452 g/mol. The van der Waals surface area contributed by atoms with Gasteiger partial charge in [-0.05, 0) is 68.5 Å². The number of aromatic carboxylic acids is 2. The summed E-state index contributed by atoms with van der Waals surface area (Å²) in [6.07, 6.45) is 1.72. The number of hydrogen-bond donors (Lipinski definition) is 3. The van der Waals surface area contributed by atoms with Gasteiger partial charge in [-0.2, -0.15) is 0 Å². The van der Waals surface area contributed by atoms with Crippen LogP contribution in [0.3, 0.4) is 0 Å². The molecule has 4 rings (SSSR count). The minimum Gasteiger partial charge on any atom is -0.478 e. The van der Waals surface area contributed by atoms with Crippen LogP contribution in [0.1, 0.15) is 58.1 Å². The Morgan fingerprint density at radius 3 is 2.34 bits per heavy atom. The predicted octanol–water partition coefficient (Wildman–Crippen LogP) is 4.12. The van der Waals surface area contributed by atoms with Crippen molar-refractivity contribution < 1.29 is 24.2 Å². The monoisotopic (exact) mass is 451 g/mol. The van der Waals surface area contributed by atoms with Gasteiger partial charge in [-0.1, -0.05) is 6.07 Å². The van der Waals surface area contributed by atoms with Gasteiger partial charge in [-0.25, -0.2) is 9.59 Å². The summed E-state index contributed by atoms with van der Waals surface area (Å²) in [6.45, 7) is 4.06. The summed E-state index contributed by atoms with van der Waals surface area (Å²) in [7, 11) is 0. The minimum absolute atomic E-state index is 0.0798. The van der Waals surface area contributed by atoms with Crippen molar-refractivity contribution in [1.82, 2.24) is 15.2 Å². The van der Waals surface area contributed by atoms with Gasteiger partial charge >= 0.3 is 11.9 Å². The minimum atomic E-state index is -1.22. The third-order valence-corrected chi connectivity index (χ3v) is 5.65. The van der Waals surface area contributed by atoms with Crippen LogP contribution in [0.25, 0.3) is 11.3 Å². The molecule has 0 unspecified atom stereocenters. The van der Waals surface area contributed by atoms with Gasteiger partial charge in [0.1, 0.15) is 17.6 Å².